The number of hydrogen-bond acceptors (Lipinski definition) is 3. The van der Waals surface area contributed by atoms with E-state index in [9.17, 15) is 4.79 Å². The zero-order valence-corrected chi connectivity index (χ0v) is 13.0. The lowest BCUT2D eigenvalue weighted by molar-refractivity contribution is -0.139. The van der Waals surface area contributed by atoms with E-state index in [-0.39, 0.29) is 11.4 Å². The monoisotopic (exact) mass is 270 g/mol. The number of amides is 1. The van der Waals surface area contributed by atoms with Gasteiger partial charge in [-0.2, -0.15) is 0 Å². The third kappa shape index (κ3) is 4.46. The van der Waals surface area contributed by atoms with Gasteiger partial charge in [-0.05, 0) is 31.7 Å². The van der Waals surface area contributed by atoms with Crippen LogP contribution in [0.1, 0.15) is 46.5 Å². The van der Waals surface area contributed by atoms with Gasteiger partial charge in [0.05, 0.1) is 12.1 Å². The Labute approximate surface area is 117 Å². The van der Waals surface area contributed by atoms with E-state index in [0.29, 0.717) is 19.1 Å². The molecule has 0 aliphatic carbocycles. The number of carbonyl (C=O) groups is 1. The number of nitrogens with one attached hydrogen (secondary N) is 1. The second kappa shape index (κ2) is 7.85. The van der Waals surface area contributed by atoms with Gasteiger partial charge in [-0.3, -0.25) is 4.79 Å². The van der Waals surface area contributed by atoms with Crippen molar-refractivity contribution in [3.8, 4) is 0 Å². The molecule has 0 bridgehead atoms. The van der Waals surface area contributed by atoms with Gasteiger partial charge in [0.1, 0.15) is 0 Å². The molecule has 1 N–H and O–H groups in total. The van der Waals surface area contributed by atoms with Crippen molar-refractivity contribution in [2.75, 3.05) is 33.4 Å². The van der Waals surface area contributed by atoms with E-state index in [1.165, 1.54) is 0 Å². The summed E-state index contributed by atoms with van der Waals surface area (Å²) in [5.41, 5.74) is -0.308. The van der Waals surface area contributed by atoms with Crippen LogP contribution in [0.15, 0.2) is 0 Å². The van der Waals surface area contributed by atoms with Crippen molar-refractivity contribution >= 4 is 5.91 Å². The molecule has 1 heterocycles. The maximum atomic E-state index is 12.9. The third-order valence-corrected chi connectivity index (χ3v) is 3.77. The normalized spacial score (nSPS) is 23.0. The Bertz CT molecular complexity index is 273. The van der Waals surface area contributed by atoms with Crippen molar-refractivity contribution in [1.29, 1.82) is 0 Å². The van der Waals surface area contributed by atoms with E-state index in [0.717, 1.165) is 38.8 Å². The quantitative estimate of drug-likeness (QED) is 0.734. The van der Waals surface area contributed by atoms with Gasteiger partial charge in [-0.25, -0.2) is 0 Å². The number of methoxy groups -OCH3 is 1. The van der Waals surface area contributed by atoms with Gasteiger partial charge in [0.25, 0.3) is 0 Å². The standard InChI is InChI=1S/C15H30N2O2/c1-5-7-15(8-6-9-16-15)14(18)17(10-11-19-4)12-13(2)3/h13,16H,5-12H2,1-4H3. The smallest absolute Gasteiger partial charge is 0.242 e. The minimum atomic E-state index is -0.308. The molecule has 1 saturated heterocycles. The summed E-state index contributed by atoms with van der Waals surface area (Å²) in [5, 5.41) is 3.47. The molecule has 112 valence electrons. The minimum absolute atomic E-state index is 0.276. The van der Waals surface area contributed by atoms with E-state index >= 15 is 0 Å². The lowest BCUT2D eigenvalue weighted by atomic mass is 9.90. The van der Waals surface area contributed by atoms with Crippen molar-refractivity contribution in [3.05, 3.63) is 0 Å². The molecule has 19 heavy (non-hydrogen) atoms. The Morgan fingerprint density at radius 2 is 2.21 bits per heavy atom. The van der Waals surface area contributed by atoms with Crippen LogP contribution in [-0.2, 0) is 9.53 Å². The second-order valence-electron chi connectivity index (χ2n) is 6.00. The van der Waals surface area contributed by atoms with Gasteiger partial charge in [0.2, 0.25) is 5.91 Å². The summed E-state index contributed by atoms with van der Waals surface area (Å²) < 4.78 is 5.15. The lowest BCUT2D eigenvalue weighted by Crippen LogP contribution is -2.56. The molecule has 1 aliphatic rings. The summed E-state index contributed by atoms with van der Waals surface area (Å²) >= 11 is 0. The molecule has 1 aliphatic heterocycles. The van der Waals surface area contributed by atoms with Gasteiger partial charge in [-0.15, -0.1) is 0 Å². The second-order valence-corrected chi connectivity index (χ2v) is 6.00. The third-order valence-electron chi connectivity index (χ3n) is 3.77. The van der Waals surface area contributed by atoms with Crippen LogP contribution in [0.4, 0.5) is 0 Å². The maximum Gasteiger partial charge on any atom is 0.242 e. The van der Waals surface area contributed by atoms with E-state index < -0.39 is 0 Å². The highest BCUT2D eigenvalue weighted by atomic mass is 16.5. The summed E-state index contributed by atoms with van der Waals surface area (Å²) in [5.74, 6) is 0.762. The van der Waals surface area contributed by atoms with Crippen LogP contribution in [0, 0.1) is 5.92 Å². The molecule has 1 unspecified atom stereocenters. The van der Waals surface area contributed by atoms with Crippen LogP contribution in [0.3, 0.4) is 0 Å². The van der Waals surface area contributed by atoms with Crippen LogP contribution >= 0.6 is 0 Å². The SMILES string of the molecule is CCCC1(C(=O)N(CCOC)CC(C)C)CCCN1. The molecule has 1 rings (SSSR count). The van der Waals surface area contributed by atoms with Crippen LogP contribution in [0.5, 0.6) is 0 Å². The highest BCUT2D eigenvalue weighted by Gasteiger charge is 2.42. The lowest BCUT2D eigenvalue weighted by Gasteiger charge is -2.35. The fourth-order valence-electron chi connectivity index (χ4n) is 2.96. The van der Waals surface area contributed by atoms with E-state index in [1.807, 2.05) is 4.90 Å². The fraction of sp³-hybridized carbons (Fsp3) is 0.933. The molecule has 0 spiro atoms. The van der Waals surface area contributed by atoms with Gasteiger partial charge in [0, 0.05) is 20.2 Å². The molecule has 1 atom stereocenters. The van der Waals surface area contributed by atoms with Crippen LogP contribution in [0.2, 0.25) is 0 Å². The molecule has 1 fully saturated rings. The Balaban J connectivity index is 2.76. The first-order valence-corrected chi connectivity index (χ1v) is 7.59. The maximum absolute atomic E-state index is 12.9. The van der Waals surface area contributed by atoms with Gasteiger partial charge in [-0.1, -0.05) is 27.2 Å². The van der Waals surface area contributed by atoms with Crippen molar-refractivity contribution in [3.63, 3.8) is 0 Å². The number of hydrogen-bond donors (Lipinski definition) is 1. The summed E-state index contributed by atoms with van der Waals surface area (Å²) in [6, 6.07) is 0. The molecule has 1 amide bonds. The predicted molar refractivity (Wildman–Crippen MR) is 78.2 cm³/mol. The number of nitrogens with zero attached hydrogens (tertiary/aromatic N) is 1. The first kappa shape index (κ1) is 16.4. The fourth-order valence-corrected chi connectivity index (χ4v) is 2.96. The average Bonchev–Trinajstić information content (AvgIpc) is 2.83. The summed E-state index contributed by atoms with van der Waals surface area (Å²) in [7, 11) is 1.69. The van der Waals surface area contributed by atoms with Gasteiger partial charge >= 0.3 is 0 Å². The van der Waals surface area contributed by atoms with Crippen molar-refractivity contribution in [2.24, 2.45) is 5.92 Å². The molecule has 4 nitrogen and oxygen atoms in total. The summed E-state index contributed by atoms with van der Waals surface area (Å²) in [4.78, 5) is 14.9. The Morgan fingerprint density at radius 3 is 2.68 bits per heavy atom. The molecule has 4 heteroatoms. The zero-order valence-electron chi connectivity index (χ0n) is 13.0. The van der Waals surface area contributed by atoms with Crippen molar-refractivity contribution in [2.45, 2.75) is 52.0 Å². The molecule has 0 aromatic carbocycles. The first-order valence-electron chi connectivity index (χ1n) is 7.59. The zero-order chi connectivity index (χ0) is 14.3. The number of ether oxygens (including phenoxy) is 1. The summed E-state index contributed by atoms with van der Waals surface area (Å²) in [6.45, 7) is 9.54. The van der Waals surface area contributed by atoms with Gasteiger partial charge in [0.15, 0.2) is 0 Å². The van der Waals surface area contributed by atoms with E-state index in [4.69, 9.17) is 4.74 Å². The number of carbonyl (C=O) groups excluding carboxylic acids is 1. The van der Waals surface area contributed by atoms with Crippen molar-refractivity contribution in [1.82, 2.24) is 10.2 Å². The van der Waals surface area contributed by atoms with Crippen LogP contribution in [0.25, 0.3) is 0 Å². The average molecular weight is 270 g/mol. The minimum Gasteiger partial charge on any atom is -0.383 e. The molecule has 0 aromatic heterocycles. The largest absolute Gasteiger partial charge is 0.383 e. The Kier molecular flexibility index (Phi) is 6.80. The number of rotatable bonds is 8. The molecular weight excluding hydrogens is 240 g/mol. The van der Waals surface area contributed by atoms with E-state index in [2.05, 4.69) is 26.1 Å². The molecule has 0 saturated carbocycles. The summed E-state index contributed by atoms with van der Waals surface area (Å²) in [6.07, 6.45) is 4.05. The molecule has 0 aromatic rings. The van der Waals surface area contributed by atoms with Crippen molar-refractivity contribution < 1.29 is 9.53 Å². The molecular formula is C15H30N2O2. The highest BCUT2D eigenvalue weighted by molar-refractivity contribution is 5.86. The first-order chi connectivity index (χ1) is 9.05. The predicted octanol–water partition coefficient (Wildman–Crippen LogP) is 2.04. The topological polar surface area (TPSA) is 41.6 Å². The van der Waals surface area contributed by atoms with Crippen LogP contribution < -0.4 is 5.32 Å². The van der Waals surface area contributed by atoms with Gasteiger partial charge < -0.3 is 15.0 Å². The Hall–Kier alpha value is -0.610. The Morgan fingerprint density at radius 1 is 1.47 bits per heavy atom. The highest BCUT2D eigenvalue weighted by Crippen LogP contribution is 2.27. The molecule has 0 radical (unpaired) electrons. The van der Waals surface area contributed by atoms with E-state index in [1.54, 1.807) is 7.11 Å². The van der Waals surface area contributed by atoms with Crippen LogP contribution in [-0.4, -0.2) is 49.7 Å².